The quantitative estimate of drug-likeness (QED) is 0.833. The lowest BCUT2D eigenvalue weighted by atomic mass is 9.97. The van der Waals surface area contributed by atoms with Crippen molar-refractivity contribution in [3.8, 4) is 0 Å². The summed E-state index contributed by atoms with van der Waals surface area (Å²) in [4.78, 5) is 11.3. The Morgan fingerprint density at radius 1 is 1.67 bits per heavy atom. The summed E-state index contributed by atoms with van der Waals surface area (Å²) >= 11 is 5.91. The number of nitrogens with one attached hydrogen (secondary N) is 1. The van der Waals surface area contributed by atoms with Gasteiger partial charge in [-0.25, -0.2) is 0 Å². The predicted octanol–water partition coefficient (Wildman–Crippen LogP) is 2.08. The highest BCUT2D eigenvalue weighted by Crippen LogP contribution is 2.17. The van der Waals surface area contributed by atoms with Gasteiger partial charge < -0.3 is 5.11 Å². The number of carbonyl (C=O) groups is 1. The van der Waals surface area contributed by atoms with Gasteiger partial charge in [0.05, 0.1) is 16.9 Å². The first-order valence-electron chi connectivity index (χ1n) is 5.95. The van der Waals surface area contributed by atoms with E-state index in [1.54, 1.807) is 17.8 Å². The van der Waals surface area contributed by atoms with E-state index in [9.17, 15) is 9.90 Å². The molecule has 0 aliphatic carbocycles. The van der Waals surface area contributed by atoms with Gasteiger partial charge in [0.2, 0.25) is 0 Å². The molecular formula is C12H20ClN3O2. The van der Waals surface area contributed by atoms with E-state index in [1.807, 2.05) is 20.8 Å². The van der Waals surface area contributed by atoms with Crippen molar-refractivity contribution in [3.05, 3.63) is 16.9 Å². The minimum atomic E-state index is -0.959. The molecule has 0 amide bonds. The molecule has 0 radical (unpaired) electrons. The van der Waals surface area contributed by atoms with Crippen molar-refractivity contribution in [2.75, 3.05) is 0 Å². The molecule has 1 atom stereocenters. The van der Waals surface area contributed by atoms with Gasteiger partial charge in [0.1, 0.15) is 5.54 Å². The highest BCUT2D eigenvalue weighted by molar-refractivity contribution is 6.31. The topological polar surface area (TPSA) is 67.2 Å². The summed E-state index contributed by atoms with van der Waals surface area (Å²) < 4.78 is 1.73. The molecule has 0 aliphatic rings. The number of halogens is 1. The van der Waals surface area contributed by atoms with Crippen molar-refractivity contribution in [2.45, 2.75) is 52.2 Å². The fraction of sp³-hybridized carbons (Fsp3) is 0.667. The van der Waals surface area contributed by atoms with Crippen molar-refractivity contribution in [1.82, 2.24) is 15.1 Å². The summed E-state index contributed by atoms with van der Waals surface area (Å²) in [6, 6.07) is 0.105. The molecule has 1 aromatic rings. The third-order valence-corrected chi connectivity index (χ3v) is 3.32. The van der Waals surface area contributed by atoms with E-state index in [0.29, 0.717) is 18.0 Å². The normalized spacial score (nSPS) is 14.8. The maximum absolute atomic E-state index is 11.3. The molecule has 0 bridgehead atoms. The molecule has 6 heteroatoms. The minimum Gasteiger partial charge on any atom is -0.480 e. The maximum Gasteiger partial charge on any atom is 0.323 e. The SMILES string of the molecule is Cc1c(Cl)cnn1CCC(C)(NC(C)C)C(=O)O. The van der Waals surface area contributed by atoms with E-state index in [1.165, 1.54) is 0 Å². The highest BCUT2D eigenvalue weighted by atomic mass is 35.5. The smallest absolute Gasteiger partial charge is 0.323 e. The standard InChI is InChI=1S/C12H20ClN3O2/c1-8(2)15-12(4,11(17)18)5-6-16-9(3)10(13)7-14-16/h7-8,15H,5-6H2,1-4H3,(H,17,18). The zero-order chi connectivity index (χ0) is 13.9. The van der Waals surface area contributed by atoms with Gasteiger partial charge in [-0.05, 0) is 34.1 Å². The number of carboxylic acid groups (broad SMARTS) is 1. The largest absolute Gasteiger partial charge is 0.480 e. The summed E-state index contributed by atoms with van der Waals surface area (Å²) in [7, 11) is 0. The highest BCUT2D eigenvalue weighted by Gasteiger charge is 2.33. The fourth-order valence-corrected chi connectivity index (χ4v) is 2.00. The van der Waals surface area contributed by atoms with Gasteiger partial charge in [-0.2, -0.15) is 5.10 Å². The number of nitrogens with zero attached hydrogens (tertiary/aromatic N) is 2. The molecule has 1 rings (SSSR count). The molecule has 0 aromatic carbocycles. The first-order chi connectivity index (χ1) is 8.26. The van der Waals surface area contributed by atoms with Crippen molar-refractivity contribution in [1.29, 1.82) is 0 Å². The van der Waals surface area contributed by atoms with Crippen LogP contribution in [0, 0.1) is 6.92 Å². The molecule has 5 nitrogen and oxygen atoms in total. The summed E-state index contributed by atoms with van der Waals surface area (Å²) in [5, 5.41) is 17.1. The minimum absolute atomic E-state index is 0.105. The Hall–Kier alpha value is -1.07. The molecule has 1 aromatic heterocycles. The van der Waals surface area contributed by atoms with Gasteiger partial charge in [0.25, 0.3) is 0 Å². The second-order valence-corrected chi connectivity index (χ2v) is 5.39. The van der Waals surface area contributed by atoms with Gasteiger partial charge in [-0.3, -0.25) is 14.8 Å². The Morgan fingerprint density at radius 2 is 2.28 bits per heavy atom. The third-order valence-electron chi connectivity index (χ3n) is 2.95. The lowest BCUT2D eigenvalue weighted by molar-refractivity contribution is -0.144. The van der Waals surface area contributed by atoms with Gasteiger partial charge in [-0.15, -0.1) is 0 Å². The van der Waals surface area contributed by atoms with Crippen LogP contribution in [0.1, 0.15) is 32.9 Å². The average molecular weight is 274 g/mol. The molecule has 2 N–H and O–H groups in total. The summed E-state index contributed by atoms with van der Waals surface area (Å²) in [5.74, 6) is -0.855. The van der Waals surface area contributed by atoms with E-state index in [-0.39, 0.29) is 6.04 Å². The van der Waals surface area contributed by atoms with E-state index in [4.69, 9.17) is 11.6 Å². The number of aliphatic carboxylic acids is 1. The number of carboxylic acids is 1. The second kappa shape index (κ2) is 5.71. The molecule has 1 heterocycles. The van der Waals surface area contributed by atoms with Crippen LogP contribution in [0.5, 0.6) is 0 Å². The number of hydrogen-bond donors (Lipinski definition) is 2. The monoisotopic (exact) mass is 273 g/mol. The molecule has 0 saturated carbocycles. The molecular weight excluding hydrogens is 254 g/mol. The lowest BCUT2D eigenvalue weighted by Gasteiger charge is -2.28. The van der Waals surface area contributed by atoms with E-state index >= 15 is 0 Å². The molecule has 0 saturated heterocycles. The van der Waals surface area contributed by atoms with Crippen LogP contribution in [0.3, 0.4) is 0 Å². The molecule has 0 spiro atoms. The fourth-order valence-electron chi connectivity index (χ4n) is 1.86. The summed E-state index contributed by atoms with van der Waals surface area (Å²) in [6.45, 7) is 7.93. The molecule has 18 heavy (non-hydrogen) atoms. The number of hydrogen-bond acceptors (Lipinski definition) is 3. The van der Waals surface area contributed by atoms with Crippen molar-refractivity contribution in [2.24, 2.45) is 0 Å². The van der Waals surface area contributed by atoms with E-state index < -0.39 is 11.5 Å². The van der Waals surface area contributed by atoms with Gasteiger partial charge in [0.15, 0.2) is 0 Å². The Balaban J connectivity index is 2.74. The molecule has 1 unspecified atom stereocenters. The zero-order valence-electron chi connectivity index (χ0n) is 11.2. The summed E-state index contributed by atoms with van der Waals surface area (Å²) in [5.41, 5.74) is -0.104. The van der Waals surface area contributed by atoms with E-state index in [2.05, 4.69) is 10.4 Å². The number of rotatable bonds is 6. The van der Waals surface area contributed by atoms with Crippen LogP contribution in [-0.2, 0) is 11.3 Å². The number of aryl methyl sites for hydroxylation is 1. The average Bonchev–Trinajstić information content (AvgIpc) is 2.56. The van der Waals surface area contributed by atoms with Gasteiger partial charge >= 0.3 is 5.97 Å². The van der Waals surface area contributed by atoms with Crippen LogP contribution in [0.25, 0.3) is 0 Å². The van der Waals surface area contributed by atoms with E-state index in [0.717, 1.165) is 5.69 Å². The van der Waals surface area contributed by atoms with Crippen LogP contribution in [0.4, 0.5) is 0 Å². The zero-order valence-corrected chi connectivity index (χ0v) is 12.0. The van der Waals surface area contributed by atoms with Gasteiger partial charge in [-0.1, -0.05) is 11.6 Å². The Morgan fingerprint density at radius 3 is 2.67 bits per heavy atom. The van der Waals surface area contributed by atoms with Gasteiger partial charge in [0, 0.05) is 12.6 Å². The molecule has 0 aliphatic heterocycles. The lowest BCUT2D eigenvalue weighted by Crippen LogP contribution is -2.52. The van der Waals surface area contributed by atoms with Crippen LogP contribution in [-0.4, -0.2) is 32.4 Å². The Labute approximate surface area is 112 Å². The first kappa shape index (κ1) is 15.0. The van der Waals surface area contributed by atoms with Crippen LogP contribution >= 0.6 is 11.6 Å². The first-order valence-corrected chi connectivity index (χ1v) is 6.33. The third kappa shape index (κ3) is 3.46. The van der Waals surface area contributed by atoms with Crippen molar-refractivity contribution < 1.29 is 9.90 Å². The molecule has 0 fully saturated rings. The van der Waals surface area contributed by atoms with Crippen LogP contribution < -0.4 is 5.32 Å². The maximum atomic E-state index is 11.3. The second-order valence-electron chi connectivity index (χ2n) is 4.99. The molecule has 102 valence electrons. The van der Waals surface area contributed by atoms with Crippen LogP contribution in [0.15, 0.2) is 6.20 Å². The Bertz CT molecular complexity index is 431. The van der Waals surface area contributed by atoms with Crippen molar-refractivity contribution >= 4 is 17.6 Å². The number of aromatic nitrogens is 2. The van der Waals surface area contributed by atoms with Crippen molar-refractivity contribution in [3.63, 3.8) is 0 Å². The predicted molar refractivity (Wildman–Crippen MR) is 70.9 cm³/mol. The summed E-state index contributed by atoms with van der Waals surface area (Å²) in [6.07, 6.45) is 2.02. The Kier molecular flexibility index (Phi) is 4.76. The van der Waals surface area contributed by atoms with Crippen LogP contribution in [0.2, 0.25) is 5.02 Å².